The fourth-order valence-electron chi connectivity index (χ4n) is 10.9. The summed E-state index contributed by atoms with van der Waals surface area (Å²) in [5.74, 6) is -0.822. The summed E-state index contributed by atoms with van der Waals surface area (Å²) in [7, 11) is 0. The third-order valence-electron chi connectivity index (χ3n) is 16.1. The number of ether oxygens (including phenoxy) is 3. The van der Waals surface area contributed by atoms with E-state index in [1.54, 1.807) is 0 Å². The molecule has 0 aromatic rings. The molecule has 0 saturated carbocycles. The first kappa shape index (κ1) is 73.4. The van der Waals surface area contributed by atoms with Crippen LogP contribution in [0.25, 0.3) is 0 Å². The van der Waals surface area contributed by atoms with Crippen molar-refractivity contribution in [2.45, 2.75) is 412 Å². The van der Waals surface area contributed by atoms with E-state index < -0.39 is 6.10 Å². The van der Waals surface area contributed by atoms with Gasteiger partial charge in [0.1, 0.15) is 13.2 Å². The van der Waals surface area contributed by atoms with Gasteiger partial charge in [-0.25, -0.2) is 0 Å². The van der Waals surface area contributed by atoms with Crippen LogP contribution in [0.4, 0.5) is 0 Å². The van der Waals surface area contributed by atoms with Crippen LogP contribution in [0.15, 0.2) is 0 Å². The van der Waals surface area contributed by atoms with Gasteiger partial charge in [-0.15, -0.1) is 0 Å². The quantitative estimate of drug-likeness (QED) is 0.0343. The number of rotatable bonds is 65. The smallest absolute Gasteiger partial charge is 0.306 e. The van der Waals surface area contributed by atoms with Crippen LogP contribution in [0.1, 0.15) is 406 Å². The van der Waals surface area contributed by atoms with Crippen LogP contribution < -0.4 is 0 Å². The van der Waals surface area contributed by atoms with Crippen LogP contribution in [0, 0.1) is 0 Å². The van der Waals surface area contributed by atoms with Crippen molar-refractivity contribution >= 4 is 17.9 Å². The second-order valence-electron chi connectivity index (χ2n) is 23.8. The molecule has 0 aliphatic carbocycles. The molecule has 6 heteroatoms. The predicted molar refractivity (Wildman–Crippen MR) is 326 cm³/mol. The second kappa shape index (κ2) is 64.9. The highest BCUT2D eigenvalue weighted by atomic mass is 16.6. The van der Waals surface area contributed by atoms with Gasteiger partial charge >= 0.3 is 17.9 Å². The highest BCUT2D eigenvalue weighted by molar-refractivity contribution is 5.71. The molecule has 0 heterocycles. The Morgan fingerprint density at radius 1 is 0.213 bits per heavy atom. The van der Waals surface area contributed by atoms with Gasteiger partial charge in [0.25, 0.3) is 0 Å². The molecule has 0 rings (SSSR count). The first-order chi connectivity index (χ1) is 37.0. The zero-order chi connectivity index (χ0) is 54.3. The van der Waals surface area contributed by atoms with Crippen LogP contribution in [0.2, 0.25) is 0 Å². The minimum atomic E-state index is -0.763. The average molecular weight is 1060 g/mol. The lowest BCUT2D eigenvalue weighted by Gasteiger charge is -2.18. The number of esters is 3. The second-order valence-corrected chi connectivity index (χ2v) is 23.8. The first-order valence-corrected chi connectivity index (χ1v) is 34.5. The highest BCUT2D eigenvalue weighted by Crippen LogP contribution is 2.19. The molecule has 446 valence electrons. The lowest BCUT2D eigenvalue weighted by Crippen LogP contribution is -2.30. The number of carbonyl (C=O) groups is 3. The van der Waals surface area contributed by atoms with E-state index in [2.05, 4.69) is 20.8 Å². The fraction of sp³-hybridized carbons (Fsp3) is 0.957. The summed E-state index contributed by atoms with van der Waals surface area (Å²) in [6.45, 7) is 6.73. The van der Waals surface area contributed by atoms with Gasteiger partial charge in [0.05, 0.1) is 0 Å². The Bertz CT molecular complexity index is 1120. The van der Waals surface area contributed by atoms with Crippen molar-refractivity contribution in [1.29, 1.82) is 0 Å². The van der Waals surface area contributed by atoms with Crippen molar-refractivity contribution in [2.24, 2.45) is 0 Å². The molecular weight excluding hydrogens is 925 g/mol. The number of hydrogen-bond donors (Lipinski definition) is 0. The Kier molecular flexibility index (Phi) is 63.6. The summed E-state index contributed by atoms with van der Waals surface area (Å²) in [5.41, 5.74) is 0. The summed E-state index contributed by atoms with van der Waals surface area (Å²) < 4.78 is 17.0. The van der Waals surface area contributed by atoms with Crippen LogP contribution in [-0.4, -0.2) is 37.2 Å². The topological polar surface area (TPSA) is 78.9 Å². The molecule has 0 fully saturated rings. The molecule has 0 amide bonds. The van der Waals surface area contributed by atoms with Gasteiger partial charge in [-0.2, -0.15) is 0 Å². The first-order valence-electron chi connectivity index (χ1n) is 34.5. The summed E-state index contributed by atoms with van der Waals surface area (Å²) in [5, 5.41) is 0. The normalized spacial score (nSPS) is 11.9. The monoisotopic (exact) mass is 1060 g/mol. The molecule has 0 aromatic carbocycles. The standard InChI is InChI=1S/C69H134O6/c1-4-7-10-13-16-19-22-25-27-29-31-33-34-35-37-38-40-42-44-47-50-53-56-59-62-68(71)74-65-66(64-73-67(70)61-58-55-52-49-46-24-21-18-15-12-9-6-3)75-69(72)63-60-57-54-51-48-45-43-41-39-36-32-30-28-26-23-20-17-14-11-8-5-2/h66H,4-65H2,1-3H3. The van der Waals surface area contributed by atoms with Crippen molar-refractivity contribution < 1.29 is 28.6 Å². The lowest BCUT2D eigenvalue weighted by molar-refractivity contribution is -0.167. The molecule has 1 unspecified atom stereocenters. The van der Waals surface area contributed by atoms with Gasteiger partial charge in [-0.3, -0.25) is 14.4 Å². The highest BCUT2D eigenvalue weighted by Gasteiger charge is 2.19. The summed E-state index contributed by atoms with van der Waals surface area (Å²) in [6, 6.07) is 0. The lowest BCUT2D eigenvalue weighted by atomic mass is 10.0. The van der Waals surface area contributed by atoms with Crippen molar-refractivity contribution in [1.82, 2.24) is 0 Å². The Morgan fingerprint density at radius 2 is 0.360 bits per heavy atom. The van der Waals surface area contributed by atoms with Gasteiger partial charge in [-0.05, 0) is 19.3 Å². The SMILES string of the molecule is CCCCCCCCCCCCCCCCCCCCCCCCCCC(=O)OCC(COC(=O)CCCCCCCCCCCCCC)OC(=O)CCCCCCCCCCCCCCCCCCCCCCC. The Hall–Kier alpha value is -1.59. The van der Waals surface area contributed by atoms with E-state index in [-0.39, 0.29) is 31.1 Å². The summed E-state index contributed by atoms with van der Waals surface area (Å²) >= 11 is 0. The van der Waals surface area contributed by atoms with Gasteiger partial charge in [0.15, 0.2) is 6.10 Å². The Balaban J connectivity index is 4.18. The predicted octanol–water partition coefficient (Wildman–Crippen LogP) is 23.5. The van der Waals surface area contributed by atoms with Gasteiger partial charge in [0, 0.05) is 19.3 Å². The Morgan fingerprint density at radius 3 is 0.533 bits per heavy atom. The zero-order valence-electron chi connectivity index (χ0n) is 51.4. The molecule has 0 aliphatic rings. The van der Waals surface area contributed by atoms with Gasteiger partial charge in [0.2, 0.25) is 0 Å². The minimum Gasteiger partial charge on any atom is -0.462 e. The molecule has 0 aliphatic heterocycles. The molecule has 0 bridgehead atoms. The third kappa shape index (κ3) is 63.1. The van der Waals surface area contributed by atoms with Crippen molar-refractivity contribution in [2.75, 3.05) is 13.2 Å². The van der Waals surface area contributed by atoms with E-state index in [1.807, 2.05) is 0 Å². The molecule has 1 atom stereocenters. The number of carbonyl (C=O) groups excluding carboxylic acids is 3. The number of unbranched alkanes of at least 4 members (excludes halogenated alkanes) is 54. The maximum atomic E-state index is 12.9. The number of hydrogen-bond acceptors (Lipinski definition) is 6. The molecule has 75 heavy (non-hydrogen) atoms. The van der Waals surface area contributed by atoms with Crippen molar-refractivity contribution in [3.63, 3.8) is 0 Å². The van der Waals surface area contributed by atoms with E-state index >= 15 is 0 Å². The van der Waals surface area contributed by atoms with Gasteiger partial charge < -0.3 is 14.2 Å². The van der Waals surface area contributed by atoms with Crippen LogP contribution in [0.3, 0.4) is 0 Å². The van der Waals surface area contributed by atoms with Crippen LogP contribution in [0.5, 0.6) is 0 Å². The van der Waals surface area contributed by atoms with Crippen LogP contribution in [-0.2, 0) is 28.6 Å². The Labute approximate surface area is 469 Å². The van der Waals surface area contributed by atoms with E-state index in [1.165, 1.54) is 308 Å². The van der Waals surface area contributed by atoms with Crippen molar-refractivity contribution in [3.05, 3.63) is 0 Å². The molecular formula is C69H134O6. The average Bonchev–Trinajstić information content (AvgIpc) is 3.41. The van der Waals surface area contributed by atoms with E-state index in [0.29, 0.717) is 19.3 Å². The van der Waals surface area contributed by atoms with Crippen molar-refractivity contribution in [3.8, 4) is 0 Å². The largest absolute Gasteiger partial charge is 0.462 e. The van der Waals surface area contributed by atoms with E-state index in [0.717, 1.165) is 57.8 Å². The fourth-order valence-corrected chi connectivity index (χ4v) is 10.9. The maximum absolute atomic E-state index is 12.9. The molecule has 6 nitrogen and oxygen atoms in total. The molecule has 0 aromatic heterocycles. The summed E-state index contributed by atoms with van der Waals surface area (Å²) in [6.07, 6.45) is 75.6. The van der Waals surface area contributed by atoms with Gasteiger partial charge in [-0.1, -0.05) is 367 Å². The molecule has 0 N–H and O–H groups in total. The van der Waals surface area contributed by atoms with Crippen LogP contribution >= 0.6 is 0 Å². The third-order valence-corrected chi connectivity index (χ3v) is 16.1. The molecule has 0 radical (unpaired) electrons. The maximum Gasteiger partial charge on any atom is 0.306 e. The minimum absolute atomic E-state index is 0.0604. The van der Waals surface area contributed by atoms with E-state index in [9.17, 15) is 14.4 Å². The molecule has 0 spiro atoms. The van der Waals surface area contributed by atoms with E-state index in [4.69, 9.17) is 14.2 Å². The summed E-state index contributed by atoms with van der Waals surface area (Å²) in [4.78, 5) is 38.3. The molecule has 0 saturated heterocycles. The zero-order valence-corrected chi connectivity index (χ0v) is 51.4.